The lowest BCUT2D eigenvalue weighted by atomic mass is 10.0. The Labute approximate surface area is 175 Å². The van der Waals surface area contributed by atoms with E-state index in [-0.39, 0.29) is 22.5 Å². The number of rotatable bonds is 5. The van der Waals surface area contributed by atoms with Crippen molar-refractivity contribution in [3.63, 3.8) is 0 Å². The first-order valence-electron chi connectivity index (χ1n) is 9.47. The normalized spacial score (nSPS) is 12.0. The van der Waals surface area contributed by atoms with E-state index in [0.29, 0.717) is 11.3 Å². The summed E-state index contributed by atoms with van der Waals surface area (Å²) in [4.78, 5) is 24.1. The number of halogens is 2. The average molecular weight is 421 g/mol. The first kappa shape index (κ1) is 20.3. The molecule has 0 aliphatic heterocycles. The van der Waals surface area contributed by atoms with Crippen LogP contribution in [-0.2, 0) is 0 Å². The molecule has 0 saturated carbocycles. The molecule has 1 unspecified atom stereocenters. The summed E-state index contributed by atoms with van der Waals surface area (Å²) < 4.78 is 34.7. The van der Waals surface area contributed by atoms with Gasteiger partial charge in [0.05, 0.1) is 11.6 Å². The third-order valence-corrected chi connectivity index (χ3v) is 4.98. The van der Waals surface area contributed by atoms with Crippen LogP contribution in [-0.4, -0.2) is 11.1 Å². The summed E-state index contributed by atoms with van der Waals surface area (Å²) in [5, 5.41) is 11.9. The molecule has 4 aromatic rings. The fraction of sp³-hybridized carbons (Fsp3) is 0.0833. The third-order valence-electron chi connectivity index (χ3n) is 4.98. The van der Waals surface area contributed by atoms with Crippen molar-refractivity contribution >= 4 is 22.6 Å². The topological polar surface area (TPSA) is 79.5 Å². The molecule has 0 aliphatic carbocycles. The minimum atomic E-state index is -1.29. The van der Waals surface area contributed by atoms with Crippen LogP contribution in [0.4, 0.5) is 14.5 Å². The predicted octanol–water partition coefficient (Wildman–Crippen LogP) is 5.61. The van der Waals surface area contributed by atoms with Gasteiger partial charge in [-0.25, -0.2) is 13.6 Å². The van der Waals surface area contributed by atoms with E-state index in [4.69, 9.17) is 4.42 Å². The van der Waals surface area contributed by atoms with Crippen LogP contribution in [0.25, 0.3) is 22.3 Å². The number of hydrogen-bond donors (Lipinski definition) is 2. The molecular formula is C24H17F2NO4. The van der Waals surface area contributed by atoms with Crippen LogP contribution < -0.4 is 10.7 Å². The van der Waals surface area contributed by atoms with Gasteiger partial charge in [0.2, 0.25) is 0 Å². The summed E-state index contributed by atoms with van der Waals surface area (Å²) in [6.07, 6.45) is 0. The highest BCUT2D eigenvalue weighted by atomic mass is 19.2. The molecule has 0 spiro atoms. The molecule has 5 nitrogen and oxygen atoms in total. The summed E-state index contributed by atoms with van der Waals surface area (Å²) in [6.45, 7) is 1.64. The van der Waals surface area contributed by atoms with Crippen LogP contribution in [0.2, 0.25) is 0 Å². The predicted molar refractivity (Wildman–Crippen MR) is 113 cm³/mol. The van der Waals surface area contributed by atoms with Crippen molar-refractivity contribution in [1.29, 1.82) is 0 Å². The summed E-state index contributed by atoms with van der Waals surface area (Å²) in [6, 6.07) is 16.4. The zero-order valence-electron chi connectivity index (χ0n) is 16.4. The van der Waals surface area contributed by atoms with E-state index in [0.717, 1.165) is 12.1 Å². The number of aromatic carboxylic acids is 1. The van der Waals surface area contributed by atoms with Gasteiger partial charge in [-0.2, -0.15) is 0 Å². The molecule has 31 heavy (non-hydrogen) atoms. The van der Waals surface area contributed by atoms with Crippen molar-refractivity contribution in [2.75, 3.05) is 5.32 Å². The lowest BCUT2D eigenvalue weighted by Gasteiger charge is -2.19. The molecule has 3 aromatic carbocycles. The van der Waals surface area contributed by atoms with E-state index in [1.807, 2.05) is 0 Å². The standard InChI is InChI=1S/C24H17F2NO4/c1-13(27-18-10-6-5-9-15(18)24(29)30)16-11-17(25)22(26)21-19(28)12-20(31-23(16)21)14-7-3-2-4-8-14/h2-13,27H,1H3,(H,29,30). The number of carbonyl (C=O) groups is 1. The maximum absolute atomic E-state index is 14.5. The highest BCUT2D eigenvalue weighted by molar-refractivity contribution is 5.94. The maximum Gasteiger partial charge on any atom is 0.337 e. The van der Waals surface area contributed by atoms with E-state index in [1.165, 1.54) is 6.07 Å². The number of para-hydroxylation sites is 1. The molecular weight excluding hydrogens is 404 g/mol. The van der Waals surface area contributed by atoms with Crippen LogP contribution in [0.3, 0.4) is 0 Å². The van der Waals surface area contributed by atoms with Gasteiger partial charge in [-0.3, -0.25) is 4.79 Å². The van der Waals surface area contributed by atoms with Gasteiger partial charge in [-0.15, -0.1) is 0 Å². The largest absolute Gasteiger partial charge is 0.478 e. The van der Waals surface area contributed by atoms with Gasteiger partial charge >= 0.3 is 5.97 Å². The molecule has 0 aliphatic rings. The molecule has 156 valence electrons. The molecule has 7 heteroatoms. The fourth-order valence-corrected chi connectivity index (χ4v) is 3.46. The minimum Gasteiger partial charge on any atom is -0.478 e. The molecule has 0 saturated heterocycles. The minimum absolute atomic E-state index is 0.0210. The number of nitrogens with one attached hydrogen (secondary N) is 1. The van der Waals surface area contributed by atoms with E-state index < -0.39 is 34.5 Å². The zero-order chi connectivity index (χ0) is 22.1. The Kier molecular flexibility index (Phi) is 5.25. The first-order valence-corrected chi connectivity index (χ1v) is 9.47. The van der Waals surface area contributed by atoms with Gasteiger partial charge in [0, 0.05) is 22.9 Å². The monoisotopic (exact) mass is 421 g/mol. The van der Waals surface area contributed by atoms with Crippen molar-refractivity contribution in [1.82, 2.24) is 0 Å². The summed E-state index contributed by atoms with van der Waals surface area (Å²) in [5.41, 5.74) is 0.294. The molecule has 2 N–H and O–H groups in total. The number of carboxylic acid groups (broad SMARTS) is 1. The Balaban J connectivity index is 1.89. The highest BCUT2D eigenvalue weighted by Gasteiger charge is 2.22. The van der Waals surface area contributed by atoms with Crippen molar-refractivity contribution in [2.45, 2.75) is 13.0 Å². The number of carboxylic acids is 1. The van der Waals surface area contributed by atoms with Crippen LogP contribution >= 0.6 is 0 Å². The van der Waals surface area contributed by atoms with Crippen molar-refractivity contribution in [2.24, 2.45) is 0 Å². The van der Waals surface area contributed by atoms with E-state index in [9.17, 15) is 23.5 Å². The van der Waals surface area contributed by atoms with Crippen molar-refractivity contribution < 1.29 is 23.1 Å². The third kappa shape index (κ3) is 3.77. The Morgan fingerprint density at radius 3 is 2.42 bits per heavy atom. The van der Waals surface area contributed by atoms with Gasteiger partial charge in [0.1, 0.15) is 16.7 Å². The smallest absolute Gasteiger partial charge is 0.337 e. The Morgan fingerprint density at radius 1 is 1.03 bits per heavy atom. The quantitative estimate of drug-likeness (QED) is 0.438. The second kappa shape index (κ2) is 8.02. The summed E-state index contributed by atoms with van der Waals surface area (Å²) >= 11 is 0. The Hall–Kier alpha value is -4.00. The van der Waals surface area contributed by atoms with E-state index in [1.54, 1.807) is 55.5 Å². The molecule has 0 amide bonds. The van der Waals surface area contributed by atoms with Crippen LogP contribution in [0.15, 0.2) is 75.9 Å². The second-order valence-corrected chi connectivity index (χ2v) is 7.02. The molecule has 1 atom stereocenters. The number of benzene rings is 3. The van der Waals surface area contributed by atoms with Gasteiger partial charge < -0.3 is 14.8 Å². The lowest BCUT2D eigenvalue weighted by Crippen LogP contribution is -2.14. The molecule has 0 radical (unpaired) electrons. The molecule has 1 heterocycles. The van der Waals surface area contributed by atoms with Crippen LogP contribution in [0, 0.1) is 11.6 Å². The van der Waals surface area contributed by atoms with Gasteiger partial charge in [0.15, 0.2) is 17.1 Å². The van der Waals surface area contributed by atoms with Crippen LogP contribution in [0.1, 0.15) is 28.9 Å². The molecule has 0 bridgehead atoms. The SMILES string of the molecule is CC(Nc1ccccc1C(=O)O)c1cc(F)c(F)c2c(=O)cc(-c3ccccc3)oc12. The van der Waals surface area contributed by atoms with Gasteiger partial charge in [-0.1, -0.05) is 42.5 Å². The van der Waals surface area contributed by atoms with Crippen LogP contribution in [0.5, 0.6) is 0 Å². The number of hydrogen-bond acceptors (Lipinski definition) is 4. The highest BCUT2D eigenvalue weighted by Crippen LogP contribution is 2.32. The first-order chi connectivity index (χ1) is 14.9. The lowest BCUT2D eigenvalue weighted by molar-refractivity contribution is 0.0698. The van der Waals surface area contributed by atoms with E-state index >= 15 is 0 Å². The molecule has 1 aromatic heterocycles. The second-order valence-electron chi connectivity index (χ2n) is 7.02. The molecule has 0 fully saturated rings. The average Bonchev–Trinajstić information content (AvgIpc) is 2.76. The number of anilines is 1. The number of fused-ring (bicyclic) bond motifs is 1. The Bertz CT molecular complexity index is 1350. The molecule has 4 rings (SSSR count). The van der Waals surface area contributed by atoms with Crippen molar-refractivity contribution in [3.05, 3.63) is 99.7 Å². The Morgan fingerprint density at radius 2 is 1.71 bits per heavy atom. The van der Waals surface area contributed by atoms with Gasteiger partial charge in [0.25, 0.3) is 0 Å². The zero-order valence-corrected chi connectivity index (χ0v) is 16.4. The van der Waals surface area contributed by atoms with E-state index in [2.05, 4.69) is 5.32 Å². The maximum atomic E-state index is 14.5. The fourth-order valence-electron chi connectivity index (χ4n) is 3.46. The van der Waals surface area contributed by atoms with Gasteiger partial charge in [-0.05, 0) is 25.1 Å². The van der Waals surface area contributed by atoms with Crippen molar-refractivity contribution in [3.8, 4) is 11.3 Å². The summed E-state index contributed by atoms with van der Waals surface area (Å²) in [5.74, 6) is -3.40. The summed E-state index contributed by atoms with van der Waals surface area (Å²) in [7, 11) is 0.